The van der Waals surface area contributed by atoms with Crippen LogP contribution in [0.1, 0.15) is 412 Å². The van der Waals surface area contributed by atoms with E-state index in [1.54, 1.807) is 0 Å². The van der Waals surface area contributed by atoms with E-state index in [9.17, 15) is 14.4 Å². The van der Waals surface area contributed by atoms with E-state index in [1.165, 1.54) is 308 Å². The van der Waals surface area contributed by atoms with Crippen molar-refractivity contribution < 1.29 is 28.6 Å². The summed E-state index contributed by atoms with van der Waals surface area (Å²) in [5, 5.41) is 0. The van der Waals surface area contributed by atoms with Crippen molar-refractivity contribution in [3.63, 3.8) is 0 Å². The van der Waals surface area contributed by atoms with Gasteiger partial charge in [-0.3, -0.25) is 14.4 Å². The van der Waals surface area contributed by atoms with Crippen LogP contribution in [0.3, 0.4) is 0 Å². The summed E-state index contributed by atoms with van der Waals surface area (Å²) in [5.41, 5.74) is 0. The van der Waals surface area contributed by atoms with Crippen molar-refractivity contribution in [2.45, 2.75) is 419 Å². The van der Waals surface area contributed by atoms with Crippen molar-refractivity contribution in [3.05, 3.63) is 36.5 Å². The second-order valence-electron chi connectivity index (χ2n) is 25.2. The third-order valence-electron chi connectivity index (χ3n) is 16.8. The molecule has 1 atom stereocenters. The molecule has 0 spiro atoms. The second-order valence-corrected chi connectivity index (χ2v) is 25.2. The van der Waals surface area contributed by atoms with Crippen molar-refractivity contribution in [2.24, 2.45) is 0 Å². The molecule has 0 heterocycles. The standard InChI is InChI=1S/C76H142O6/c1-4-7-10-13-16-19-22-25-28-30-32-33-34-35-36-37-38-39-40-41-42-43-44-46-48-51-54-57-60-63-66-69-75(78)81-72-73(71-80-74(77)68-65-62-59-56-53-50-47-27-24-21-18-15-12-9-6-3)82-76(79)70-67-64-61-58-55-52-49-45-31-29-26-23-20-17-14-11-8-5-2/h27,29-32,47,73H,4-26,28,33-46,48-72H2,1-3H3/b31-29-,32-30-,47-27-. The van der Waals surface area contributed by atoms with Crippen LogP contribution in [0.2, 0.25) is 0 Å². The maximum absolute atomic E-state index is 12.9. The van der Waals surface area contributed by atoms with Crippen LogP contribution in [0, 0.1) is 0 Å². The Morgan fingerprint density at radius 3 is 0.610 bits per heavy atom. The molecule has 0 radical (unpaired) electrons. The van der Waals surface area contributed by atoms with Crippen molar-refractivity contribution in [2.75, 3.05) is 13.2 Å². The van der Waals surface area contributed by atoms with Gasteiger partial charge in [-0.15, -0.1) is 0 Å². The van der Waals surface area contributed by atoms with Crippen LogP contribution in [0.5, 0.6) is 0 Å². The third kappa shape index (κ3) is 68.4. The molecule has 0 saturated carbocycles. The minimum atomic E-state index is -0.777. The SMILES string of the molecule is CCCCCCCC/C=C\CCCCCCCC(=O)OCC(COC(=O)CCCCCCCCCCCCCCCCCCCCC/C=C\CCCCCCCCCC)OC(=O)CCCCCCCCC/C=C\CCCCCCCCC. The number of carbonyl (C=O) groups excluding carboxylic acids is 3. The summed E-state index contributed by atoms with van der Waals surface area (Å²) < 4.78 is 17.0. The molecule has 0 aliphatic carbocycles. The summed E-state index contributed by atoms with van der Waals surface area (Å²) >= 11 is 0. The Bertz CT molecular complexity index is 1370. The lowest BCUT2D eigenvalue weighted by Crippen LogP contribution is -2.30. The normalized spacial score (nSPS) is 12.2. The van der Waals surface area contributed by atoms with Gasteiger partial charge in [0.05, 0.1) is 0 Å². The Hall–Kier alpha value is -2.37. The molecule has 482 valence electrons. The number of hydrogen-bond acceptors (Lipinski definition) is 6. The summed E-state index contributed by atoms with van der Waals surface area (Å²) in [6, 6.07) is 0. The summed E-state index contributed by atoms with van der Waals surface area (Å²) in [6.45, 7) is 6.70. The Balaban J connectivity index is 4.18. The number of carbonyl (C=O) groups is 3. The number of hydrogen-bond donors (Lipinski definition) is 0. The average molecular weight is 1150 g/mol. The first kappa shape index (κ1) is 79.6. The van der Waals surface area contributed by atoms with Crippen LogP contribution in [0.4, 0.5) is 0 Å². The lowest BCUT2D eigenvalue weighted by atomic mass is 10.0. The topological polar surface area (TPSA) is 78.9 Å². The maximum atomic E-state index is 12.9. The molecule has 0 aromatic rings. The lowest BCUT2D eigenvalue weighted by Gasteiger charge is -2.18. The molecule has 0 aromatic heterocycles. The number of unbranched alkanes of at least 4 members (excludes halogenated alkanes) is 52. The number of rotatable bonds is 69. The van der Waals surface area contributed by atoms with Gasteiger partial charge in [-0.2, -0.15) is 0 Å². The highest BCUT2D eigenvalue weighted by atomic mass is 16.6. The second kappa shape index (κ2) is 71.1. The van der Waals surface area contributed by atoms with E-state index in [2.05, 4.69) is 57.2 Å². The molecule has 0 aliphatic heterocycles. The van der Waals surface area contributed by atoms with Crippen molar-refractivity contribution in [1.82, 2.24) is 0 Å². The smallest absolute Gasteiger partial charge is 0.306 e. The van der Waals surface area contributed by atoms with Crippen LogP contribution < -0.4 is 0 Å². The number of ether oxygens (including phenoxy) is 3. The van der Waals surface area contributed by atoms with Crippen LogP contribution in [0.25, 0.3) is 0 Å². The van der Waals surface area contributed by atoms with Gasteiger partial charge in [0.1, 0.15) is 13.2 Å². The molecule has 0 rings (SSSR count). The van der Waals surface area contributed by atoms with Crippen molar-refractivity contribution in [3.8, 4) is 0 Å². The largest absolute Gasteiger partial charge is 0.462 e. The first-order valence-electron chi connectivity index (χ1n) is 37.0. The summed E-state index contributed by atoms with van der Waals surface area (Å²) in [5.74, 6) is -0.856. The van der Waals surface area contributed by atoms with Gasteiger partial charge in [-0.25, -0.2) is 0 Å². The molecule has 82 heavy (non-hydrogen) atoms. The molecule has 0 fully saturated rings. The van der Waals surface area contributed by atoms with E-state index in [-0.39, 0.29) is 31.1 Å². The molecule has 6 nitrogen and oxygen atoms in total. The molecule has 6 heteroatoms. The lowest BCUT2D eigenvalue weighted by molar-refractivity contribution is -0.167. The van der Waals surface area contributed by atoms with Crippen LogP contribution in [-0.4, -0.2) is 37.2 Å². The fourth-order valence-corrected chi connectivity index (χ4v) is 11.3. The highest BCUT2D eigenvalue weighted by Crippen LogP contribution is 2.18. The minimum absolute atomic E-state index is 0.0718. The molecule has 0 aromatic carbocycles. The first-order valence-corrected chi connectivity index (χ1v) is 37.0. The van der Waals surface area contributed by atoms with Gasteiger partial charge in [-0.1, -0.05) is 333 Å². The predicted octanol–water partition coefficient (Wildman–Crippen LogP) is 25.5. The van der Waals surface area contributed by atoms with Crippen molar-refractivity contribution >= 4 is 17.9 Å². The Morgan fingerprint density at radius 2 is 0.402 bits per heavy atom. The Morgan fingerprint density at radius 1 is 0.232 bits per heavy atom. The van der Waals surface area contributed by atoms with Gasteiger partial charge in [0.25, 0.3) is 0 Å². The molecule has 0 aliphatic rings. The van der Waals surface area contributed by atoms with Crippen LogP contribution in [0.15, 0.2) is 36.5 Å². The predicted molar refractivity (Wildman–Crippen MR) is 358 cm³/mol. The first-order chi connectivity index (χ1) is 40.5. The molecule has 0 saturated heterocycles. The van der Waals surface area contributed by atoms with E-state index >= 15 is 0 Å². The molecular formula is C76H142O6. The van der Waals surface area contributed by atoms with E-state index < -0.39 is 6.10 Å². The molecular weight excluding hydrogens is 1010 g/mol. The summed E-state index contributed by atoms with van der Waals surface area (Å²) in [6.07, 6.45) is 89.0. The molecule has 0 bridgehead atoms. The highest BCUT2D eigenvalue weighted by molar-refractivity contribution is 5.71. The van der Waals surface area contributed by atoms with Gasteiger partial charge in [0, 0.05) is 19.3 Å². The maximum Gasteiger partial charge on any atom is 0.306 e. The fraction of sp³-hybridized carbons (Fsp3) is 0.882. The fourth-order valence-electron chi connectivity index (χ4n) is 11.3. The molecule has 1 unspecified atom stereocenters. The quantitative estimate of drug-likeness (QED) is 0.0261. The van der Waals surface area contributed by atoms with Crippen LogP contribution in [-0.2, 0) is 28.6 Å². The number of allylic oxidation sites excluding steroid dienone is 6. The minimum Gasteiger partial charge on any atom is -0.462 e. The zero-order valence-electron chi connectivity index (χ0n) is 55.5. The van der Waals surface area contributed by atoms with E-state index in [1.807, 2.05) is 0 Å². The van der Waals surface area contributed by atoms with E-state index in [0.29, 0.717) is 19.3 Å². The monoisotopic (exact) mass is 1150 g/mol. The van der Waals surface area contributed by atoms with Gasteiger partial charge in [-0.05, 0) is 96.3 Å². The van der Waals surface area contributed by atoms with E-state index in [0.717, 1.165) is 64.2 Å². The zero-order chi connectivity index (χ0) is 59.2. The molecule has 0 amide bonds. The summed E-state index contributed by atoms with van der Waals surface area (Å²) in [7, 11) is 0. The Kier molecular flexibility index (Phi) is 69.1. The third-order valence-corrected chi connectivity index (χ3v) is 16.8. The molecule has 0 N–H and O–H groups in total. The average Bonchev–Trinajstić information content (AvgIpc) is 3.47. The highest BCUT2D eigenvalue weighted by Gasteiger charge is 2.19. The van der Waals surface area contributed by atoms with Crippen LogP contribution >= 0.6 is 0 Å². The van der Waals surface area contributed by atoms with Gasteiger partial charge in [0.15, 0.2) is 6.10 Å². The summed E-state index contributed by atoms with van der Waals surface area (Å²) in [4.78, 5) is 38.4. The zero-order valence-corrected chi connectivity index (χ0v) is 55.5. The van der Waals surface area contributed by atoms with Gasteiger partial charge in [0.2, 0.25) is 0 Å². The van der Waals surface area contributed by atoms with Gasteiger partial charge < -0.3 is 14.2 Å². The Labute approximate surface area is 512 Å². The number of esters is 3. The van der Waals surface area contributed by atoms with Gasteiger partial charge >= 0.3 is 17.9 Å². The van der Waals surface area contributed by atoms with E-state index in [4.69, 9.17) is 14.2 Å². The van der Waals surface area contributed by atoms with Crippen molar-refractivity contribution in [1.29, 1.82) is 0 Å².